The molecule has 4 rings (SSSR count). The third kappa shape index (κ3) is 6.13. The Labute approximate surface area is 202 Å². The topological polar surface area (TPSA) is 112 Å². The minimum atomic E-state index is -4.49. The van der Waals surface area contributed by atoms with Crippen molar-refractivity contribution in [3.8, 4) is 5.75 Å². The van der Waals surface area contributed by atoms with E-state index in [1.165, 1.54) is 28.9 Å². The number of hydrogen-bond donors (Lipinski definition) is 1. The van der Waals surface area contributed by atoms with Crippen molar-refractivity contribution < 1.29 is 32.0 Å². The summed E-state index contributed by atoms with van der Waals surface area (Å²) in [4.78, 5) is 22.5. The third-order valence-electron chi connectivity index (χ3n) is 5.31. The Balaban J connectivity index is 1.25. The highest BCUT2D eigenvalue weighted by molar-refractivity contribution is 6.32. The number of hydrogen-bond acceptors (Lipinski definition) is 6. The quantitative estimate of drug-likeness (QED) is 0.223. The molecule has 0 aliphatic heterocycles. The Morgan fingerprint density at radius 1 is 1.29 bits per heavy atom. The lowest BCUT2D eigenvalue weighted by Crippen LogP contribution is -2.25. The summed E-state index contributed by atoms with van der Waals surface area (Å²) in [6.45, 7) is 0.403. The van der Waals surface area contributed by atoms with E-state index in [4.69, 9.17) is 20.8 Å². The van der Waals surface area contributed by atoms with Crippen molar-refractivity contribution in [1.29, 1.82) is 0 Å². The van der Waals surface area contributed by atoms with Crippen molar-refractivity contribution in [1.82, 2.24) is 15.1 Å². The molecule has 1 aliphatic rings. The van der Waals surface area contributed by atoms with Gasteiger partial charge < -0.3 is 14.5 Å². The van der Waals surface area contributed by atoms with Gasteiger partial charge in [0.15, 0.2) is 11.5 Å². The van der Waals surface area contributed by atoms with Gasteiger partial charge in [0, 0.05) is 36.8 Å². The van der Waals surface area contributed by atoms with Gasteiger partial charge >= 0.3 is 6.18 Å². The van der Waals surface area contributed by atoms with Crippen LogP contribution in [0.2, 0.25) is 5.02 Å². The molecule has 1 fully saturated rings. The lowest BCUT2D eigenvalue weighted by molar-refractivity contribution is -0.384. The average molecular weight is 513 g/mol. The molecule has 0 unspecified atom stereocenters. The fraction of sp³-hybridized carbons (Fsp3) is 0.364. The number of alkyl halides is 3. The molecule has 0 bridgehead atoms. The highest BCUT2D eigenvalue weighted by atomic mass is 35.5. The standard InChI is InChI=1S/C22H20ClF3N4O5/c23-16-10-14(30(32)33)4-6-18(16)34-12-15-5-7-19(35-15)21(31)27-8-1-9-29-17(13-2-3-13)11-20(28-29)22(24,25)26/h4-7,10-11,13H,1-3,8-9,12H2,(H,27,31). The Hall–Kier alpha value is -3.54. The summed E-state index contributed by atoms with van der Waals surface area (Å²) in [5.74, 6) is 0.212. The number of nitro groups is 1. The molecule has 3 aromatic rings. The summed E-state index contributed by atoms with van der Waals surface area (Å²) in [6, 6.07) is 7.88. The number of furan rings is 1. The number of nitrogens with one attached hydrogen (secondary N) is 1. The van der Waals surface area contributed by atoms with Crippen molar-refractivity contribution >= 4 is 23.2 Å². The number of nitrogens with zero attached hydrogens (tertiary/aromatic N) is 3. The second kappa shape index (κ2) is 9.98. The van der Waals surface area contributed by atoms with E-state index >= 15 is 0 Å². The number of aryl methyl sites for hydroxylation is 1. The number of carbonyl (C=O) groups is 1. The first-order valence-corrected chi connectivity index (χ1v) is 11.1. The van der Waals surface area contributed by atoms with Gasteiger partial charge in [-0.15, -0.1) is 0 Å². The molecule has 2 heterocycles. The molecule has 0 atom stereocenters. The van der Waals surface area contributed by atoms with Gasteiger partial charge in [0.25, 0.3) is 11.6 Å². The molecule has 35 heavy (non-hydrogen) atoms. The van der Waals surface area contributed by atoms with Crippen LogP contribution in [0.15, 0.2) is 40.8 Å². The first-order valence-electron chi connectivity index (χ1n) is 10.7. The molecule has 1 saturated carbocycles. The maximum Gasteiger partial charge on any atom is 0.435 e. The molecular weight excluding hydrogens is 493 g/mol. The summed E-state index contributed by atoms with van der Waals surface area (Å²) in [6.07, 6.45) is -2.41. The van der Waals surface area contributed by atoms with E-state index in [0.29, 0.717) is 17.9 Å². The van der Waals surface area contributed by atoms with Crippen LogP contribution in [-0.4, -0.2) is 27.2 Å². The molecule has 1 aromatic carbocycles. The van der Waals surface area contributed by atoms with Crippen molar-refractivity contribution in [3.63, 3.8) is 0 Å². The molecule has 9 nitrogen and oxygen atoms in total. The number of aromatic nitrogens is 2. The number of ether oxygens (including phenoxy) is 1. The number of benzene rings is 1. The minimum Gasteiger partial charge on any atom is -0.484 e. The van der Waals surface area contributed by atoms with Crippen molar-refractivity contribution in [2.24, 2.45) is 0 Å². The van der Waals surface area contributed by atoms with Gasteiger partial charge in [-0.05, 0) is 43.5 Å². The molecule has 0 spiro atoms. The molecule has 1 aliphatic carbocycles. The SMILES string of the molecule is O=C(NCCCn1nc(C(F)(F)F)cc1C1CC1)c1ccc(COc2ccc([N+](=O)[O-])cc2Cl)o1. The highest BCUT2D eigenvalue weighted by Crippen LogP contribution is 2.42. The largest absolute Gasteiger partial charge is 0.484 e. The zero-order valence-electron chi connectivity index (χ0n) is 18.2. The molecule has 1 N–H and O–H groups in total. The number of rotatable bonds is 10. The van der Waals surface area contributed by atoms with Gasteiger partial charge in [-0.25, -0.2) is 0 Å². The van der Waals surface area contributed by atoms with Gasteiger partial charge in [0.05, 0.1) is 9.95 Å². The molecule has 0 radical (unpaired) electrons. The Morgan fingerprint density at radius 3 is 2.71 bits per heavy atom. The second-order valence-corrected chi connectivity index (χ2v) is 8.39. The fourth-order valence-electron chi connectivity index (χ4n) is 3.42. The number of nitro benzene ring substituents is 1. The number of non-ortho nitro benzene ring substituents is 1. The van der Waals surface area contributed by atoms with E-state index in [2.05, 4.69) is 10.4 Å². The fourth-order valence-corrected chi connectivity index (χ4v) is 3.65. The first-order chi connectivity index (χ1) is 16.6. The summed E-state index contributed by atoms with van der Waals surface area (Å²) >= 11 is 5.98. The number of halogens is 4. The van der Waals surface area contributed by atoms with Gasteiger partial charge in [0.2, 0.25) is 0 Å². The Bertz CT molecular complexity index is 1240. The van der Waals surface area contributed by atoms with Crippen LogP contribution in [0.5, 0.6) is 5.75 Å². The molecule has 0 saturated heterocycles. The Kier molecular flexibility index (Phi) is 7.01. The van der Waals surface area contributed by atoms with Crippen molar-refractivity contribution in [2.75, 3.05) is 6.54 Å². The monoisotopic (exact) mass is 512 g/mol. The normalized spacial score (nSPS) is 13.6. The van der Waals surface area contributed by atoms with Crippen LogP contribution >= 0.6 is 11.6 Å². The zero-order valence-corrected chi connectivity index (χ0v) is 18.9. The molecule has 2 aromatic heterocycles. The van der Waals surface area contributed by atoms with Gasteiger partial charge in [-0.1, -0.05) is 11.6 Å². The third-order valence-corrected chi connectivity index (χ3v) is 5.61. The second-order valence-electron chi connectivity index (χ2n) is 7.99. The first kappa shape index (κ1) is 24.6. The summed E-state index contributed by atoms with van der Waals surface area (Å²) in [7, 11) is 0. The lowest BCUT2D eigenvalue weighted by atomic mass is 10.2. The molecular formula is C22H20ClF3N4O5. The van der Waals surface area contributed by atoms with Crippen LogP contribution in [0, 0.1) is 10.1 Å². The van der Waals surface area contributed by atoms with Crippen molar-refractivity contribution in [3.05, 3.63) is 74.4 Å². The van der Waals surface area contributed by atoms with E-state index < -0.39 is 22.7 Å². The molecule has 186 valence electrons. The van der Waals surface area contributed by atoms with Crippen LogP contribution in [-0.2, 0) is 19.3 Å². The predicted molar refractivity (Wildman–Crippen MR) is 117 cm³/mol. The molecule has 1 amide bonds. The van der Waals surface area contributed by atoms with E-state index in [1.807, 2.05) is 0 Å². The average Bonchev–Trinajstić information content (AvgIpc) is 3.36. The highest BCUT2D eigenvalue weighted by Gasteiger charge is 2.37. The smallest absolute Gasteiger partial charge is 0.435 e. The van der Waals surface area contributed by atoms with Gasteiger partial charge in [0.1, 0.15) is 18.1 Å². The summed E-state index contributed by atoms with van der Waals surface area (Å²) < 4.78 is 51.3. The van der Waals surface area contributed by atoms with Crippen LogP contribution < -0.4 is 10.1 Å². The van der Waals surface area contributed by atoms with E-state index in [9.17, 15) is 28.1 Å². The van der Waals surface area contributed by atoms with Gasteiger partial charge in [-0.2, -0.15) is 18.3 Å². The van der Waals surface area contributed by atoms with Crippen molar-refractivity contribution in [2.45, 2.75) is 44.5 Å². The maximum absolute atomic E-state index is 13.0. The minimum absolute atomic E-state index is 0.0375. The summed E-state index contributed by atoms with van der Waals surface area (Å²) in [5, 5.41) is 17.2. The zero-order chi connectivity index (χ0) is 25.2. The van der Waals surface area contributed by atoms with Crippen LogP contribution in [0.4, 0.5) is 18.9 Å². The van der Waals surface area contributed by atoms with E-state index in [1.54, 1.807) is 6.07 Å². The Morgan fingerprint density at radius 2 is 2.06 bits per heavy atom. The van der Waals surface area contributed by atoms with Crippen LogP contribution in [0.3, 0.4) is 0 Å². The summed E-state index contributed by atoms with van der Waals surface area (Å²) in [5.41, 5.74) is -0.493. The van der Waals surface area contributed by atoms with E-state index in [0.717, 1.165) is 18.9 Å². The number of carbonyl (C=O) groups excluding carboxylic acids is 1. The predicted octanol–water partition coefficient (Wildman–Crippen LogP) is 5.33. The lowest BCUT2D eigenvalue weighted by Gasteiger charge is -2.08. The van der Waals surface area contributed by atoms with Crippen LogP contribution in [0.1, 0.15) is 52.9 Å². The van der Waals surface area contributed by atoms with Gasteiger partial charge in [-0.3, -0.25) is 19.6 Å². The molecule has 13 heteroatoms. The maximum atomic E-state index is 13.0. The van der Waals surface area contributed by atoms with E-state index in [-0.39, 0.29) is 47.8 Å². The van der Waals surface area contributed by atoms with Crippen LogP contribution in [0.25, 0.3) is 0 Å². The number of amides is 1.